The number of aromatic nitrogens is 2. The number of likely N-dealkylation sites (N-methyl/N-ethyl adjacent to an activating group) is 1. The van der Waals surface area contributed by atoms with Crippen LogP contribution < -0.4 is 5.32 Å². The number of nitrogens with one attached hydrogen (secondary N) is 1. The summed E-state index contributed by atoms with van der Waals surface area (Å²) in [6, 6.07) is 9.15. The number of carbonyl (C=O) groups is 1. The van der Waals surface area contributed by atoms with Crippen molar-refractivity contribution in [3.63, 3.8) is 0 Å². The average molecular weight is 304 g/mol. The van der Waals surface area contributed by atoms with E-state index in [4.69, 9.17) is 9.63 Å². The molecule has 1 unspecified atom stereocenters. The Kier molecular flexibility index (Phi) is 5.48. The Hall–Kier alpha value is -2.41. The van der Waals surface area contributed by atoms with Gasteiger partial charge in [0.05, 0.1) is 19.1 Å². The summed E-state index contributed by atoms with van der Waals surface area (Å²) in [7, 11) is 1.61. The number of urea groups is 1. The van der Waals surface area contributed by atoms with Crippen molar-refractivity contribution in [3.8, 4) is 0 Å². The highest BCUT2D eigenvalue weighted by Crippen LogP contribution is 2.12. The number of benzene rings is 1. The molecule has 7 heteroatoms. The van der Waals surface area contributed by atoms with E-state index in [9.17, 15) is 4.79 Å². The predicted octanol–water partition coefficient (Wildman–Crippen LogP) is 1.36. The maximum Gasteiger partial charge on any atom is 0.317 e. The molecule has 0 aliphatic heterocycles. The SMILES string of the molecule is CC(NC(=O)N(C)CCO)c1noc(Cc2ccccc2)n1. The minimum atomic E-state index is -0.373. The van der Waals surface area contributed by atoms with Gasteiger partial charge in [-0.05, 0) is 12.5 Å². The fourth-order valence-electron chi connectivity index (χ4n) is 1.90. The molecule has 1 aromatic heterocycles. The lowest BCUT2D eigenvalue weighted by atomic mass is 10.1. The molecule has 1 heterocycles. The molecule has 2 rings (SSSR count). The van der Waals surface area contributed by atoms with Crippen molar-refractivity contribution in [1.29, 1.82) is 0 Å². The molecule has 2 aromatic rings. The Balaban J connectivity index is 1.94. The Bertz CT molecular complexity index is 600. The van der Waals surface area contributed by atoms with Gasteiger partial charge in [0.25, 0.3) is 0 Å². The second-order valence-corrected chi connectivity index (χ2v) is 5.03. The van der Waals surface area contributed by atoms with Gasteiger partial charge in [-0.1, -0.05) is 35.5 Å². The van der Waals surface area contributed by atoms with Crippen molar-refractivity contribution in [1.82, 2.24) is 20.4 Å². The number of aliphatic hydroxyl groups excluding tert-OH is 1. The van der Waals surface area contributed by atoms with Gasteiger partial charge in [0.2, 0.25) is 5.89 Å². The van der Waals surface area contributed by atoms with Crippen LogP contribution in [-0.4, -0.2) is 46.4 Å². The number of carbonyl (C=O) groups excluding carboxylic acids is 1. The van der Waals surface area contributed by atoms with Crippen LogP contribution in [0.5, 0.6) is 0 Å². The summed E-state index contributed by atoms with van der Waals surface area (Å²) in [5.41, 5.74) is 1.08. The third-order valence-electron chi connectivity index (χ3n) is 3.19. The first kappa shape index (κ1) is 16.0. The molecule has 0 spiro atoms. The van der Waals surface area contributed by atoms with E-state index in [0.29, 0.717) is 18.1 Å². The van der Waals surface area contributed by atoms with Crippen molar-refractivity contribution < 1.29 is 14.4 Å². The lowest BCUT2D eigenvalue weighted by molar-refractivity contribution is 0.187. The molecule has 1 atom stereocenters. The van der Waals surface area contributed by atoms with E-state index in [-0.39, 0.29) is 25.2 Å². The first-order valence-electron chi connectivity index (χ1n) is 7.09. The van der Waals surface area contributed by atoms with Crippen LogP contribution in [0.25, 0.3) is 0 Å². The second kappa shape index (κ2) is 7.56. The molecule has 22 heavy (non-hydrogen) atoms. The van der Waals surface area contributed by atoms with Crippen LogP contribution in [0.2, 0.25) is 0 Å². The van der Waals surface area contributed by atoms with Crippen LogP contribution in [0.4, 0.5) is 4.79 Å². The average Bonchev–Trinajstić information content (AvgIpc) is 2.97. The summed E-state index contributed by atoms with van der Waals surface area (Å²) in [4.78, 5) is 17.5. The predicted molar refractivity (Wildman–Crippen MR) is 80.2 cm³/mol. The van der Waals surface area contributed by atoms with Crippen LogP contribution in [-0.2, 0) is 6.42 Å². The largest absolute Gasteiger partial charge is 0.395 e. The summed E-state index contributed by atoms with van der Waals surface area (Å²) in [6.07, 6.45) is 0.554. The molecule has 0 aliphatic rings. The van der Waals surface area contributed by atoms with Gasteiger partial charge in [-0.2, -0.15) is 4.98 Å². The van der Waals surface area contributed by atoms with Crippen LogP contribution in [0.3, 0.4) is 0 Å². The molecule has 0 saturated carbocycles. The summed E-state index contributed by atoms with van der Waals surface area (Å²) in [6.45, 7) is 1.97. The van der Waals surface area contributed by atoms with E-state index in [1.54, 1.807) is 14.0 Å². The zero-order valence-corrected chi connectivity index (χ0v) is 12.7. The van der Waals surface area contributed by atoms with Crippen LogP contribution in [0, 0.1) is 0 Å². The summed E-state index contributed by atoms with van der Waals surface area (Å²) in [5.74, 6) is 0.933. The fourth-order valence-corrected chi connectivity index (χ4v) is 1.90. The third-order valence-corrected chi connectivity index (χ3v) is 3.19. The topological polar surface area (TPSA) is 91.5 Å². The van der Waals surface area contributed by atoms with Gasteiger partial charge >= 0.3 is 6.03 Å². The summed E-state index contributed by atoms with van der Waals surface area (Å²) < 4.78 is 5.21. The summed E-state index contributed by atoms with van der Waals surface area (Å²) >= 11 is 0. The number of hydrogen-bond donors (Lipinski definition) is 2. The lowest BCUT2D eigenvalue weighted by Crippen LogP contribution is -2.40. The number of nitrogens with zero attached hydrogens (tertiary/aromatic N) is 3. The molecular formula is C15H20N4O3. The minimum Gasteiger partial charge on any atom is -0.395 e. The highest BCUT2D eigenvalue weighted by Gasteiger charge is 2.18. The molecule has 0 aliphatic carbocycles. The Morgan fingerprint density at radius 1 is 1.41 bits per heavy atom. The van der Waals surface area contributed by atoms with E-state index in [1.807, 2.05) is 30.3 Å². The summed E-state index contributed by atoms with van der Waals surface area (Å²) in [5, 5.41) is 15.5. The Morgan fingerprint density at radius 3 is 2.82 bits per heavy atom. The highest BCUT2D eigenvalue weighted by molar-refractivity contribution is 5.74. The van der Waals surface area contributed by atoms with Gasteiger partial charge in [0, 0.05) is 13.6 Å². The van der Waals surface area contributed by atoms with E-state index in [0.717, 1.165) is 5.56 Å². The maximum absolute atomic E-state index is 11.8. The van der Waals surface area contributed by atoms with Gasteiger partial charge < -0.3 is 19.8 Å². The van der Waals surface area contributed by atoms with Gasteiger partial charge in [0.1, 0.15) is 0 Å². The Morgan fingerprint density at radius 2 is 2.14 bits per heavy atom. The maximum atomic E-state index is 11.8. The quantitative estimate of drug-likeness (QED) is 0.840. The molecule has 0 saturated heterocycles. The van der Waals surface area contributed by atoms with Crippen LogP contribution >= 0.6 is 0 Å². The van der Waals surface area contributed by atoms with Crippen molar-refractivity contribution in [3.05, 3.63) is 47.6 Å². The normalized spacial score (nSPS) is 12.0. The third kappa shape index (κ3) is 4.29. The molecular weight excluding hydrogens is 284 g/mol. The van der Waals surface area contributed by atoms with Gasteiger partial charge in [-0.15, -0.1) is 0 Å². The van der Waals surface area contributed by atoms with Crippen molar-refractivity contribution in [2.45, 2.75) is 19.4 Å². The number of aliphatic hydroxyl groups is 1. The lowest BCUT2D eigenvalue weighted by Gasteiger charge is -2.18. The monoisotopic (exact) mass is 304 g/mol. The van der Waals surface area contributed by atoms with Gasteiger partial charge in [-0.3, -0.25) is 0 Å². The molecule has 0 bridgehead atoms. The highest BCUT2D eigenvalue weighted by atomic mass is 16.5. The van der Waals surface area contributed by atoms with Crippen molar-refractivity contribution >= 4 is 6.03 Å². The molecule has 1 aromatic carbocycles. The molecule has 118 valence electrons. The number of hydrogen-bond acceptors (Lipinski definition) is 5. The van der Waals surface area contributed by atoms with Gasteiger partial charge in [-0.25, -0.2) is 4.79 Å². The zero-order chi connectivity index (χ0) is 15.9. The molecule has 2 N–H and O–H groups in total. The van der Waals surface area contributed by atoms with Crippen molar-refractivity contribution in [2.24, 2.45) is 0 Å². The number of rotatable bonds is 6. The van der Waals surface area contributed by atoms with E-state index in [1.165, 1.54) is 4.90 Å². The molecule has 0 fully saturated rings. The van der Waals surface area contributed by atoms with E-state index in [2.05, 4.69) is 15.5 Å². The van der Waals surface area contributed by atoms with E-state index < -0.39 is 0 Å². The van der Waals surface area contributed by atoms with Crippen LogP contribution in [0.1, 0.15) is 30.2 Å². The fraction of sp³-hybridized carbons (Fsp3) is 0.400. The minimum absolute atomic E-state index is 0.0816. The van der Waals surface area contributed by atoms with E-state index >= 15 is 0 Å². The standard InChI is InChI=1S/C15H20N4O3/c1-11(16-15(21)19(2)8-9-20)14-17-13(22-18-14)10-12-6-4-3-5-7-12/h3-7,11,20H,8-10H2,1-2H3,(H,16,21). The van der Waals surface area contributed by atoms with Gasteiger partial charge in [0.15, 0.2) is 5.82 Å². The first-order valence-corrected chi connectivity index (χ1v) is 7.09. The molecule has 7 nitrogen and oxygen atoms in total. The molecule has 0 radical (unpaired) electrons. The molecule has 2 amide bonds. The van der Waals surface area contributed by atoms with Crippen molar-refractivity contribution in [2.75, 3.05) is 20.2 Å². The first-order chi connectivity index (χ1) is 10.6. The number of amides is 2. The Labute approximate surface area is 128 Å². The second-order valence-electron chi connectivity index (χ2n) is 5.03. The zero-order valence-electron chi connectivity index (χ0n) is 12.7. The smallest absolute Gasteiger partial charge is 0.317 e. The van der Waals surface area contributed by atoms with Crippen LogP contribution in [0.15, 0.2) is 34.9 Å².